The topological polar surface area (TPSA) is 128 Å². The first kappa shape index (κ1) is 26.7. The average molecular weight is 522 g/mol. The van der Waals surface area contributed by atoms with Crippen molar-refractivity contribution in [2.75, 3.05) is 43.8 Å². The second kappa shape index (κ2) is 12.7. The number of nitrogens with zero attached hydrogens (tertiary/aromatic N) is 4. The molecule has 2 aromatic heterocycles. The van der Waals surface area contributed by atoms with E-state index in [9.17, 15) is 9.59 Å². The minimum absolute atomic E-state index is 0.230. The maximum absolute atomic E-state index is 12.1. The third kappa shape index (κ3) is 7.11. The number of aromatic nitrogens is 2. The Morgan fingerprint density at radius 2 is 1.97 bits per heavy atom. The molecule has 9 nitrogen and oxygen atoms in total. The van der Waals surface area contributed by atoms with Crippen LogP contribution in [0, 0.1) is 11.3 Å². The van der Waals surface area contributed by atoms with Gasteiger partial charge in [-0.3, -0.25) is 14.6 Å². The largest absolute Gasteiger partial charge is 0.396 e. The van der Waals surface area contributed by atoms with Gasteiger partial charge in [-0.2, -0.15) is 0 Å². The van der Waals surface area contributed by atoms with E-state index in [2.05, 4.69) is 51.4 Å². The molecule has 0 aliphatic carbocycles. The fourth-order valence-electron chi connectivity index (χ4n) is 4.68. The van der Waals surface area contributed by atoms with Crippen molar-refractivity contribution in [2.45, 2.75) is 39.0 Å². The number of fused-ring (bicyclic) bond motifs is 1. The normalized spacial score (nSPS) is 17.8. The van der Waals surface area contributed by atoms with E-state index < -0.39 is 11.8 Å². The van der Waals surface area contributed by atoms with Crippen LogP contribution in [0.5, 0.6) is 0 Å². The van der Waals surface area contributed by atoms with E-state index in [0.29, 0.717) is 24.6 Å². The lowest BCUT2D eigenvalue weighted by Crippen LogP contribution is -2.44. The van der Waals surface area contributed by atoms with Crippen LogP contribution in [-0.2, 0) is 16.0 Å². The Hall–Kier alpha value is -3.37. The summed E-state index contributed by atoms with van der Waals surface area (Å²) in [6.45, 7) is 7.01. The highest BCUT2D eigenvalue weighted by Gasteiger charge is 2.26. The van der Waals surface area contributed by atoms with Gasteiger partial charge >= 0.3 is 11.8 Å². The van der Waals surface area contributed by atoms with E-state index in [4.69, 9.17) is 11.1 Å². The Bertz CT molecular complexity index is 1210. The molecule has 2 fully saturated rings. The van der Waals surface area contributed by atoms with Crippen molar-refractivity contribution in [2.24, 2.45) is 5.92 Å². The molecule has 2 aliphatic heterocycles. The number of nitrogens with one attached hydrogen (secondary N) is 2. The van der Waals surface area contributed by atoms with Crippen LogP contribution in [-0.4, -0.2) is 70.5 Å². The molecule has 0 radical (unpaired) electrons. The second-order valence-electron chi connectivity index (χ2n) is 9.66. The Morgan fingerprint density at radius 1 is 1.19 bits per heavy atom. The first-order valence-corrected chi connectivity index (χ1v) is 13.7. The van der Waals surface area contributed by atoms with E-state index >= 15 is 0 Å². The molecular formula is C27H35N7O2S. The van der Waals surface area contributed by atoms with E-state index in [1.807, 2.05) is 11.3 Å². The SMILES string of the molecule is CC1CCCN(C(=O)C(=O)Nc2cncc(C=N)c2N)C1.c1ccc2sc(CCN3CCCC3)nc2c1. The molecule has 10 heteroatoms. The average Bonchev–Trinajstić information content (AvgIpc) is 3.58. The van der Waals surface area contributed by atoms with Gasteiger partial charge in [0.15, 0.2) is 0 Å². The summed E-state index contributed by atoms with van der Waals surface area (Å²) in [5.74, 6) is -0.871. The molecule has 2 amide bonds. The lowest BCUT2D eigenvalue weighted by molar-refractivity contribution is -0.144. The van der Waals surface area contributed by atoms with Gasteiger partial charge in [0, 0.05) is 44.0 Å². The molecular weight excluding hydrogens is 486 g/mol. The Balaban J connectivity index is 0.000000179. The highest BCUT2D eigenvalue weighted by Crippen LogP contribution is 2.23. The highest BCUT2D eigenvalue weighted by atomic mass is 32.1. The number of thiazole rings is 1. The Labute approximate surface area is 221 Å². The van der Waals surface area contributed by atoms with Crippen molar-refractivity contribution in [3.8, 4) is 0 Å². The minimum atomic E-state index is -0.722. The molecule has 2 saturated heterocycles. The van der Waals surface area contributed by atoms with E-state index in [1.54, 1.807) is 4.90 Å². The number of para-hydroxylation sites is 1. The van der Waals surface area contributed by atoms with Gasteiger partial charge in [-0.1, -0.05) is 19.1 Å². The predicted octanol–water partition coefficient (Wildman–Crippen LogP) is 3.79. The highest BCUT2D eigenvalue weighted by molar-refractivity contribution is 7.18. The lowest BCUT2D eigenvalue weighted by atomic mass is 10.0. The monoisotopic (exact) mass is 521 g/mol. The molecule has 196 valence electrons. The molecule has 1 aromatic carbocycles. The molecule has 5 rings (SSSR count). The molecule has 4 heterocycles. The van der Waals surface area contributed by atoms with Crippen molar-refractivity contribution < 1.29 is 9.59 Å². The van der Waals surface area contributed by atoms with Gasteiger partial charge in [0.2, 0.25) is 0 Å². The zero-order chi connectivity index (χ0) is 26.2. The minimum Gasteiger partial charge on any atom is -0.396 e. The number of hydrogen-bond donors (Lipinski definition) is 3. The number of carbonyl (C=O) groups is 2. The number of likely N-dealkylation sites (tertiary alicyclic amines) is 2. The number of amides is 2. The van der Waals surface area contributed by atoms with Crippen LogP contribution in [0.15, 0.2) is 36.7 Å². The van der Waals surface area contributed by atoms with Crippen molar-refractivity contribution >= 4 is 51.0 Å². The third-order valence-corrected chi connectivity index (χ3v) is 7.84. The standard InChI is InChI=1S/C14H19N5O2.C13H16N2S/c1-9-3-2-4-19(8-9)14(21)13(20)18-11-7-17-6-10(5-15)12(11)16;1-2-6-12-11(5-1)14-13(16-12)7-10-15-8-3-4-9-15/h5-7,9,15H,2-4,8H2,1H3,(H2,16,17)(H,18,20);1-2,5-6H,3-4,7-10H2. The van der Waals surface area contributed by atoms with Crippen LogP contribution in [0.1, 0.15) is 43.2 Å². The van der Waals surface area contributed by atoms with Gasteiger partial charge in [-0.15, -0.1) is 11.3 Å². The van der Waals surface area contributed by atoms with Crippen LogP contribution in [0.25, 0.3) is 10.2 Å². The summed E-state index contributed by atoms with van der Waals surface area (Å²) in [4.78, 5) is 36.8. The van der Waals surface area contributed by atoms with Gasteiger partial charge in [-0.05, 0) is 56.8 Å². The summed E-state index contributed by atoms with van der Waals surface area (Å²) in [5.41, 5.74) is 7.84. The van der Waals surface area contributed by atoms with Crippen molar-refractivity contribution in [1.82, 2.24) is 19.8 Å². The van der Waals surface area contributed by atoms with Crippen LogP contribution < -0.4 is 11.1 Å². The Morgan fingerprint density at radius 3 is 2.70 bits per heavy atom. The van der Waals surface area contributed by atoms with E-state index in [-0.39, 0.29) is 11.4 Å². The van der Waals surface area contributed by atoms with Gasteiger partial charge in [0.25, 0.3) is 0 Å². The first-order valence-electron chi connectivity index (χ1n) is 12.9. The zero-order valence-electron chi connectivity index (χ0n) is 21.3. The number of nitrogens with two attached hydrogens (primary N) is 1. The third-order valence-electron chi connectivity index (χ3n) is 6.74. The summed E-state index contributed by atoms with van der Waals surface area (Å²) in [6.07, 6.45) is 9.68. The summed E-state index contributed by atoms with van der Waals surface area (Å²) in [6, 6.07) is 8.41. The van der Waals surface area contributed by atoms with Gasteiger partial charge in [-0.25, -0.2) is 4.98 Å². The smallest absolute Gasteiger partial charge is 0.314 e. The van der Waals surface area contributed by atoms with Gasteiger partial charge < -0.3 is 26.3 Å². The lowest BCUT2D eigenvalue weighted by Gasteiger charge is -2.30. The summed E-state index contributed by atoms with van der Waals surface area (Å²) >= 11 is 1.84. The zero-order valence-corrected chi connectivity index (χ0v) is 22.1. The Kier molecular flexibility index (Phi) is 9.19. The van der Waals surface area contributed by atoms with Crippen molar-refractivity contribution in [1.29, 1.82) is 5.41 Å². The fourth-order valence-corrected chi connectivity index (χ4v) is 5.64. The van der Waals surface area contributed by atoms with Gasteiger partial charge in [0.1, 0.15) is 0 Å². The predicted molar refractivity (Wildman–Crippen MR) is 149 cm³/mol. The number of pyridine rings is 1. The quantitative estimate of drug-likeness (QED) is 0.346. The maximum atomic E-state index is 12.1. The van der Waals surface area contributed by atoms with Crippen LogP contribution in [0.2, 0.25) is 0 Å². The van der Waals surface area contributed by atoms with Crippen LogP contribution in [0.4, 0.5) is 11.4 Å². The number of anilines is 2. The summed E-state index contributed by atoms with van der Waals surface area (Å²) in [5, 5.41) is 11.0. The number of rotatable bonds is 5. The molecule has 0 spiro atoms. The van der Waals surface area contributed by atoms with E-state index in [1.165, 1.54) is 54.6 Å². The first-order chi connectivity index (χ1) is 17.9. The van der Waals surface area contributed by atoms with Crippen molar-refractivity contribution in [3.05, 3.63) is 47.2 Å². The number of hydrogen-bond acceptors (Lipinski definition) is 8. The molecule has 2 aliphatic rings. The molecule has 0 bridgehead atoms. The molecule has 37 heavy (non-hydrogen) atoms. The van der Waals surface area contributed by atoms with Crippen molar-refractivity contribution in [3.63, 3.8) is 0 Å². The number of benzene rings is 1. The van der Waals surface area contributed by atoms with Crippen LogP contribution in [0.3, 0.4) is 0 Å². The maximum Gasteiger partial charge on any atom is 0.314 e. The fraction of sp³-hybridized carbons (Fsp3) is 0.444. The summed E-state index contributed by atoms with van der Waals surface area (Å²) < 4.78 is 1.32. The number of carbonyl (C=O) groups excluding carboxylic acids is 2. The molecule has 1 atom stereocenters. The molecule has 1 unspecified atom stereocenters. The van der Waals surface area contributed by atoms with Crippen LogP contribution >= 0.6 is 11.3 Å². The molecule has 3 aromatic rings. The number of piperidine rings is 1. The summed E-state index contributed by atoms with van der Waals surface area (Å²) in [7, 11) is 0. The van der Waals surface area contributed by atoms with Gasteiger partial charge in [0.05, 0.1) is 32.8 Å². The molecule has 0 saturated carbocycles. The number of nitrogen functional groups attached to an aromatic ring is 1. The molecule has 4 N–H and O–H groups in total. The van der Waals surface area contributed by atoms with E-state index in [0.717, 1.165) is 31.0 Å². The second-order valence-corrected chi connectivity index (χ2v) is 10.8.